The van der Waals surface area contributed by atoms with E-state index in [0.29, 0.717) is 17.7 Å². The van der Waals surface area contributed by atoms with Crippen molar-refractivity contribution in [2.45, 2.75) is 33.2 Å². The summed E-state index contributed by atoms with van der Waals surface area (Å²) in [6, 6.07) is 8.95. The van der Waals surface area contributed by atoms with Gasteiger partial charge in [-0.3, -0.25) is 14.4 Å². The van der Waals surface area contributed by atoms with Gasteiger partial charge in [-0.25, -0.2) is 0 Å². The molecule has 0 saturated heterocycles. The molecule has 2 rings (SSSR count). The highest BCUT2D eigenvalue weighted by Crippen LogP contribution is 2.22. The van der Waals surface area contributed by atoms with Crippen LogP contribution in [0.1, 0.15) is 48.9 Å². The second-order valence-electron chi connectivity index (χ2n) is 5.81. The van der Waals surface area contributed by atoms with Crippen molar-refractivity contribution in [2.75, 3.05) is 7.05 Å². The van der Waals surface area contributed by atoms with Crippen molar-refractivity contribution in [2.24, 2.45) is 0 Å². The van der Waals surface area contributed by atoms with Gasteiger partial charge in [0.05, 0.1) is 0 Å². The van der Waals surface area contributed by atoms with Crippen molar-refractivity contribution in [1.82, 2.24) is 10.6 Å². The van der Waals surface area contributed by atoms with Crippen molar-refractivity contribution < 1.29 is 14.4 Å². The molecule has 2 N–H and O–H groups in total. The lowest BCUT2D eigenvalue weighted by Gasteiger charge is -2.07. The van der Waals surface area contributed by atoms with Crippen LogP contribution in [0.3, 0.4) is 0 Å². The Morgan fingerprint density at radius 1 is 1.08 bits per heavy atom. The van der Waals surface area contributed by atoms with Gasteiger partial charge in [-0.05, 0) is 37.6 Å². The van der Waals surface area contributed by atoms with Crippen LogP contribution in [0.15, 0.2) is 30.3 Å². The summed E-state index contributed by atoms with van der Waals surface area (Å²) in [5.41, 5.74) is 2.10. The summed E-state index contributed by atoms with van der Waals surface area (Å²) in [6.07, 6.45) is 0.351. The average molecular weight is 358 g/mol. The number of hydrogen-bond donors (Lipinski definition) is 2. The Bertz CT molecular complexity index is 796. The predicted octanol–water partition coefficient (Wildman–Crippen LogP) is 3.00. The molecule has 5 nitrogen and oxygen atoms in total. The third-order valence-electron chi connectivity index (χ3n) is 3.83. The largest absolute Gasteiger partial charge is 0.355 e. The second kappa shape index (κ2) is 8.58. The number of thiophene rings is 1. The van der Waals surface area contributed by atoms with Crippen LogP contribution in [0.2, 0.25) is 0 Å². The Balaban J connectivity index is 1.84. The van der Waals surface area contributed by atoms with E-state index in [1.54, 1.807) is 36.6 Å². The van der Waals surface area contributed by atoms with Crippen molar-refractivity contribution in [3.8, 4) is 0 Å². The van der Waals surface area contributed by atoms with Gasteiger partial charge in [-0.15, -0.1) is 11.3 Å². The minimum absolute atomic E-state index is 0.00128. The van der Waals surface area contributed by atoms with E-state index in [0.717, 1.165) is 15.3 Å². The minimum atomic E-state index is -0.177. The zero-order chi connectivity index (χ0) is 18.4. The van der Waals surface area contributed by atoms with E-state index in [2.05, 4.69) is 10.6 Å². The normalized spacial score (nSPS) is 10.4. The lowest BCUT2D eigenvalue weighted by atomic mass is 10.1. The number of carbonyl (C=O) groups is 3. The van der Waals surface area contributed by atoms with Gasteiger partial charge < -0.3 is 10.6 Å². The summed E-state index contributed by atoms with van der Waals surface area (Å²) in [4.78, 5) is 37.9. The van der Waals surface area contributed by atoms with E-state index in [4.69, 9.17) is 0 Å². The van der Waals surface area contributed by atoms with Gasteiger partial charge in [0, 0.05) is 47.3 Å². The van der Waals surface area contributed by atoms with Crippen LogP contribution in [-0.2, 0) is 11.3 Å². The third-order valence-corrected chi connectivity index (χ3v) is 4.79. The van der Waals surface area contributed by atoms with E-state index in [-0.39, 0.29) is 30.4 Å². The predicted molar refractivity (Wildman–Crippen MR) is 99.0 cm³/mol. The fraction of sp³-hybridized carbons (Fsp3) is 0.316. The molecule has 0 spiro atoms. The van der Waals surface area contributed by atoms with Crippen LogP contribution in [0, 0.1) is 13.8 Å². The Morgan fingerprint density at radius 2 is 1.84 bits per heavy atom. The molecule has 1 heterocycles. The number of Topliss-reactive ketones (excluding diaryl/α,β-unsaturated/α-hetero) is 1. The molecule has 132 valence electrons. The smallest absolute Gasteiger partial charge is 0.251 e. The molecule has 2 amide bonds. The summed E-state index contributed by atoms with van der Waals surface area (Å²) >= 11 is 1.59. The monoisotopic (exact) mass is 358 g/mol. The fourth-order valence-corrected chi connectivity index (χ4v) is 3.47. The van der Waals surface area contributed by atoms with Gasteiger partial charge in [-0.1, -0.05) is 12.1 Å². The molecular weight excluding hydrogens is 336 g/mol. The van der Waals surface area contributed by atoms with Crippen molar-refractivity contribution in [3.63, 3.8) is 0 Å². The molecule has 25 heavy (non-hydrogen) atoms. The molecule has 0 radical (unpaired) electrons. The third kappa shape index (κ3) is 5.26. The molecule has 0 fully saturated rings. The van der Waals surface area contributed by atoms with Gasteiger partial charge in [0.15, 0.2) is 5.78 Å². The van der Waals surface area contributed by atoms with Crippen LogP contribution in [0.4, 0.5) is 0 Å². The Hall–Kier alpha value is -2.47. The van der Waals surface area contributed by atoms with E-state index in [1.165, 1.54) is 0 Å². The molecule has 2 aromatic rings. The molecule has 6 heteroatoms. The molecular formula is C19H22N2O3S. The Labute approximate surface area is 151 Å². The molecule has 0 aliphatic heterocycles. The molecule has 0 aliphatic carbocycles. The number of rotatable bonds is 7. The lowest BCUT2D eigenvalue weighted by Crippen LogP contribution is -2.24. The summed E-state index contributed by atoms with van der Waals surface area (Å²) in [5.74, 6) is -0.345. The van der Waals surface area contributed by atoms with Gasteiger partial charge in [0.1, 0.15) is 0 Å². The van der Waals surface area contributed by atoms with E-state index < -0.39 is 0 Å². The zero-order valence-corrected chi connectivity index (χ0v) is 15.5. The highest BCUT2D eigenvalue weighted by molar-refractivity contribution is 7.12. The molecule has 0 unspecified atom stereocenters. The first-order valence-corrected chi connectivity index (χ1v) is 8.90. The molecule has 0 bridgehead atoms. The summed E-state index contributed by atoms with van der Waals surface area (Å²) in [7, 11) is 1.57. The van der Waals surface area contributed by atoms with Crippen LogP contribution in [-0.4, -0.2) is 24.6 Å². The maximum Gasteiger partial charge on any atom is 0.251 e. The summed E-state index contributed by atoms with van der Waals surface area (Å²) < 4.78 is 0. The lowest BCUT2D eigenvalue weighted by molar-refractivity contribution is -0.121. The topological polar surface area (TPSA) is 75.3 Å². The van der Waals surface area contributed by atoms with E-state index >= 15 is 0 Å². The standard InChI is InChI=1S/C19H22N2O3S/c1-12-9-16(13(2)25-12)17(22)7-8-18(23)21-11-14-5-4-6-15(10-14)19(24)20-3/h4-6,9-10H,7-8,11H2,1-3H3,(H,20,24)(H,21,23). The SMILES string of the molecule is CNC(=O)c1cccc(CNC(=O)CCC(=O)c2cc(C)sc2C)c1. The number of ketones is 1. The molecule has 0 saturated carbocycles. The number of aryl methyl sites for hydroxylation is 2. The van der Waals surface area contributed by atoms with Crippen LogP contribution >= 0.6 is 11.3 Å². The van der Waals surface area contributed by atoms with Crippen molar-refractivity contribution in [1.29, 1.82) is 0 Å². The maximum atomic E-state index is 12.2. The van der Waals surface area contributed by atoms with Crippen LogP contribution in [0.5, 0.6) is 0 Å². The average Bonchev–Trinajstić information content (AvgIpc) is 2.95. The molecule has 0 aliphatic rings. The highest BCUT2D eigenvalue weighted by Gasteiger charge is 2.13. The van der Waals surface area contributed by atoms with Crippen molar-refractivity contribution in [3.05, 3.63) is 56.8 Å². The molecule has 1 aromatic heterocycles. The van der Waals surface area contributed by atoms with Gasteiger partial charge >= 0.3 is 0 Å². The van der Waals surface area contributed by atoms with Crippen LogP contribution < -0.4 is 10.6 Å². The number of carbonyl (C=O) groups excluding carboxylic acids is 3. The van der Waals surface area contributed by atoms with E-state index in [9.17, 15) is 14.4 Å². The Morgan fingerprint density at radius 3 is 2.48 bits per heavy atom. The molecule has 1 aromatic carbocycles. The quantitative estimate of drug-likeness (QED) is 0.747. The van der Waals surface area contributed by atoms with E-state index in [1.807, 2.05) is 26.0 Å². The first kappa shape index (κ1) is 18.9. The van der Waals surface area contributed by atoms with Crippen molar-refractivity contribution >= 4 is 28.9 Å². The summed E-state index contributed by atoms with van der Waals surface area (Å²) in [5, 5.41) is 5.35. The number of hydrogen-bond acceptors (Lipinski definition) is 4. The maximum absolute atomic E-state index is 12.2. The van der Waals surface area contributed by atoms with Gasteiger partial charge in [-0.2, -0.15) is 0 Å². The highest BCUT2D eigenvalue weighted by atomic mass is 32.1. The van der Waals surface area contributed by atoms with Gasteiger partial charge in [0.25, 0.3) is 5.91 Å². The van der Waals surface area contributed by atoms with Gasteiger partial charge in [0.2, 0.25) is 5.91 Å². The fourth-order valence-electron chi connectivity index (χ4n) is 2.53. The number of benzene rings is 1. The second-order valence-corrected chi connectivity index (χ2v) is 7.27. The Kier molecular flexibility index (Phi) is 6.47. The minimum Gasteiger partial charge on any atom is -0.355 e. The number of amides is 2. The first-order chi connectivity index (χ1) is 11.9. The zero-order valence-electron chi connectivity index (χ0n) is 14.6. The number of nitrogens with one attached hydrogen (secondary N) is 2. The summed E-state index contributed by atoms with van der Waals surface area (Å²) in [6.45, 7) is 4.22. The first-order valence-electron chi connectivity index (χ1n) is 8.08. The van der Waals surface area contributed by atoms with Crippen LogP contribution in [0.25, 0.3) is 0 Å². The molecule has 0 atom stereocenters.